The minimum absolute atomic E-state index is 0.0241. The van der Waals surface area contributed by atoms with E-state index in [0.717, 1.165) is 38.6 Å². The maximum Gasteiger partial charge on any atom is 0.257 e. The quantitative estimate of drug-likeness (QED) is 0.771. The number of amides is 1. The highest BCUT2D eigenvalue weighted by Gasteiger charge is 2.26. The van der Waals surface area contributed by atoms with E-state index in [-0.39, 0.29) is 5.91 Å². The van der Waals surface area contributed by atoms with Crippen molar-refractivity contribution in [3.8, 4) is 11.5 Å². The normalized spacial score (nSPS) is 21.2. The van der Waals surface area contributed by atoms with E-state index in [2.05, 4.69) is 17.1 Å². The van der Waals surface area contributed by atoms with Crippen molar-refractivity contribution in [1.29, 1.82) is 0 Å². The molecule has 1 amide bonds. The van der Waals surface area contributed by atoms with Gasteiger partial charge in [0, 0.05) is 32.7 Å². The van der Waals surface area contributed by atoms with Crippen LogP contribution in [0.5, 0.6) is 11.5 Å². The third-order valence-electron chi connectivity index (χ3n) is 5.19. The van der Waals surface area contributed by atoms with Crippen LogP contribution in [0.2, 0.25) is 0 Å². The molecule has 0 radical (unpaired) electrons. The van der Waals surface area contributed by atoms with Crippen LogP contribution in [-0.4, -0.2) is 62.7 Å². The summed E-state index contributed by atoms with van der Waals surface area (Å²) in [6, 6.07) is 5.46. The molecule has 5 heteroatoms. The van der Waals surface area contributed by atoms with Gasteiger partial charge in [-0.3, -0.25) is 9.69 Å². The third kappa shape index (κ3) is 4.15. The maximum atomic E-state index is 12.9. The molecule has 3 rings (SSSR count). The Kier molecular flexibility index (Phi) is 5.97. The Balaban J connectivity index is 1.59. The molecule has 0 N–H and O–H groups in total. The van der Waals surface area contributed by atoms with Gasteiger partial charge in [-0.25, -0.2) is 0 Å². The Morgan fingerprint density at radius 3 is 2.56 bits per heavy atom. The second-order valence-electron chi connectivity index (χ2n) is 6.78. The lowest BCUT2D eigenvalue weighted by atomic mass is 9.94. The molecule has 5 nitrogen and oxygen atoms in total. The number of piperazine rings is 1. The minimum Gasteiger partial charge on any atom is -0.493 e. The summed E-state index contributed by atoms with van der Waals surface area (Å²) in [5.41, 5.74) is 0.577. The Morgan fingerprint density at radius 1 is 1.12 bits per heavy atom. The smallest absolute Gasteiger partial charge is 0.257 e. The summed E-state index contributed by atoms with van der Waals surface area (Å²) in [4.78, 5) is 17.3. The summed E-state index contributed by atoms with van der Waals surface area (Å²) >= 11 is 0. The molecular formula is C20H28N2O3. The van der Waals surface area contributed by atoms with Gasteiger partial charge in [-0.1, -0.05) is 18.2 Å². The van der Waals surface area contributed by atoms with Gasteiger partial charge >= 0.3 is 0 Å². The maximum absolute atomic E-state index is 12.9. The first-order valence-electron chi connectivity index (χ1n) is 9.10. The van der Waals surface area contributed by atoms with E-state index in [1.54, 1.807) is 14.2 Å². The topological polar surface area (TPSA) is 42.0 Å². The first-order valence-corrected chi connectivity index (χ1v) is 9.10. The Labute approximate surface area is 150 Å². The van der Waals surface area contributed by atoms with Gasteiger partial charge in [-0.05, 0) is 37.3 Å². The number of ether oxygens (including phenoxy) is 2. The van der Waals surface area contributed by atoms with Crippen LogP contribution >= 0.6 is 0 Å². The molecule has 0 spiro atoms. The number of methoxy groups -OCH3 is 2. The molecule has 1 aliphatic carbocycles. The van der Waals surface area contributed by atoms with Crippen LogP contribution < -0.4 is 9.47 Å². The van der Waals surface area contributed by atoms with Crippen molar-refractivity contribution in [3.63, 3.8) is 0 Å². The van der Waals surface area contributed by atoms with Gasteiger partial charge in [0.05, 0.1) is 19.8 Å². The molecule has 1 heterocycles. The fourth-order valence-electron chi connectivity index (χ4n) is 3.75. The predicted molar refractivity (Wildman–Crippen MR) is 98.4 cm³/mol. The first-order chi connectivity index (χ1) is 12.2. The molecule has 0 unspecified atom stereocenters. The lowest BCUT2D eigenvalue weighted by Crippen LogP contribution is -2.49. The number of carbonyl (C=O) groups is 1. The third-order valence-corrected chi connectivity index (χ3v) is 5.19. The summed E-state index contributed by atoms with van der Waals surface area (Å²) in [6.07, 6.45) is 8.28. The van der Waals surface area contributed by atoms with Crippen molar-refractivity contribution in [1.82, 2.24) is 9.80 Å². The molecule has 1 aliphatic heterocycles. The fourth-order valence-corrected chi connectivity index (χ4v) is 3.75. The number of hydrogen-bond donors (Lipinski definition) is 0. The van der Waals surface area contributed by atoms with Crippen LogP contribution in [-0.2, 0) is 0 Å². The van der Waals surface area contributed by atoms with Crippen molar-refractivity contribution >= 4 is 5.91 Å². The lowest BCUT2D eigenvalue weighted by Gasteiger charge is -2.37. The Morgan fingerprint density at radius 2 is 1.92 bits per heavy atom. The van der Waals surface area contributed by atoms with Crippen molar-refractivity contribution in [2.75, 3.05) is 46.9 Å². The standard InChI is InChI=1S/C20H28N2O3/c1-24-18-10-6-9-17(19(18)25-2)20(23)22-13-11-21(12-14-22)15-16-7-4-3-5-8-16/h3-4,6,9-10,16H,5,7-8,11-15H2,1-2H3/t16-/m0/s1. The van der Waals surface area contributed by atoms with Gasteiger partial charge < -0.3 is 14.4 Å². The van der Waals surface area contributed by atoms with E-state index in [0.29, 0.717) is 17.1 Å². The molecule has 1 atom stereocenters. The van der Waals surface area contributed by atoms with Crippen molar-refractivity contribution < 1.29 is 14.3 Å². The Hall–Kier alpha value is -2.01. The number of nitrogens with zero attached hydrogens (tertiary/aromatic N) is 2. The monoisotopic (exact) mass is 344 g/mol. The van der Waals surface area contributed by atoms with Crippen molar-refractivity contribution in [2.45, 2.75) is 19.3 Å². The van der Waals surface area contributed by atoms with Gasteiger partial charge in [-0.2, -0.15) is 0 Å². The number of para-hydroxylation sites is 1. The number of hydrogen-bond acceptors (Lipinski definition) is 4. The summed E-state index contributed by atoms with van der Waals surface area (Å²) in [6.45, 7) is 4.56. The van der Waals surface area contributed by atoms with E-state index in [9.17, 15) is 4.79 Å². The summed E-state index contributed by atoms with van der Waals surface area (Å²) in [5.74, 6) is 1.91. The molecule has 1 saturated heterocycles. The number of allylic oxidation sites excluding steroid dienone is 2. The second-order valence-corrected chi connectivity index (χ2v) is 6.78. The molecule has 0 bridgehead atoms. The van der Waals surface area contributed by atoms with Crippen LogP contribution in [0, 0.1) is 5.92 Å². The first kappa shape index (κ1) is 17.8. The van der Waals surface area contributed by atoms with E-state index < -0.39 is 0 Å². The predicted octanol–water partition coefficient (Wildman–Crippen LogP) is 2.82. The highest BCUT2D eigenvalue weighted by atomic mass is 16.5. The molecular weight excluding hydrogens is 316 g/mol. The molecule has 1 aromatic rings. The van der Waals surface area contributed by atoms with Crippen molar-refractivity contribution in [2.24, 2.45) is 5.92 Å². The Bertz CT molecular complexity index is 621. The van der Waals surface area contributed by atoms with Gasteiger partial charge in [-0.15, -0.1) is 0 Å². The molecule has 1 aromatic carbocycles. The highest BCUT2D eigenvalue weighted by molar-refractivity contribution is 5.97. The molecule has 25 heavy (non-hydrogen) atoms. The molecule has 1 fully saturated rings. The number of rotatable bonds is 5. The van der Waals surface area contributed by atoms with E-state index in [4.69, 9.17) is 9.47 Å². The summed E-state index contributed by atoms with van der Waals surface area (Å²) in [5, 5.41) is 0. The van der Waals surface area contributed by atoms with Gasteiger partial charge in [0.25, 0.3) is 5.91 Å². The zero-order valence-electron chi connectivity index (χ0n) is 15.2. The molecule has 136 valence electrons. The fraction of sp³-hybridized carbons (Fsp3) is 0.550. The van der Waals surface area contributed by atoms with Crippen LogP contribution in [0.1, 0.15) is 29.6 Å². The van der Waals surface area contributed by atoms with Crippen LogP contribution in [0.4, 0.5) is 0 Å². The van der Waals surface area contributed by atoms with E-state index >= 15 is 0 Å². The second kappa shape index (κ2) is 8.39. The lowest BCUT2D eigenvalue weighted by molar-refractivity contribution is 0.0610. The SMILES string of the molecule is COc1cccc(C(=O)N2CCN(C[C@H]3CC=CCC3)CC2)c1OC. The van der Waals surface area contributed by atoms with Crippen LogP contribution in [0.25, 0.3) is 0 Å². The molecule has 0 aromatic heterocycles. The van der Waals surface area contributed by atoms with Crippen LogP contribution in [0.15, 0.2) is 30.4 Å². The average Bonchev–Trinajstić information content (AvgIpc) is 2.68. The zero-order chi connectivity index (χ0) is 17.6. The summed E-state index contributed by atoms with van der Waals surface area (Å²) < 4.78 is 10.7. The zero-order valence-corrected chi connectivity index (χ0v) is 15.2. The number of carbonyl (C=O) groups excluding carboxylic acids is 1. The number of benzene rings is 1. The highest BCUT2D eigenvalue weighted by Crippen LogP contribution is 2.31. The van der Waals surface area contributed by atoms with Crippen molar-refractivity contribution in [3.05, 3.63) is 35.9 Å². The van der Waals surface area contributed by atoms with Crippen LogP contribution in [0.3, 0.4) is 0 Å². The van der Waals surface area contributed by atoms with Gasteiger partial charge in [0.2, 0.25) is 0 Å². The van der Waals surface area contributed by atoms with E-state index in [1.807, 2.05) is 23.1 Å². The van der Waals surface area contributed by atoms with Gasteiger partial charge in [0.1, 0.15) is 0 Å². The summed E-state index contributed by atoms with van der Waals surface area (Å²) in [7, 11) is 3.16. The van der Waals surface area contributed by atoms with E-state index in [1.165, 1.54) is 19.3 Å². The largest absolute Gasteiger partial charge is 0.493 e. The molecule has 2 aliphatic rings. The van der Waals surface area contributed by atoms with Gasteiger partial charge in [0.15, 0.2) is 11.5 Å². The average molecular weight is 344 g/mol. The minimum atomic E-state index is 0.0241. The molecule has 0 saturated carbocycles.